The predicted octanol–water partition coefficient (Wildman–Crippen LogP) is 1.74. The molecule has 112 valence electrons. The second-order valence-corrected chi connectivity index (χ2v) is 5.39. The van der Waals surface area contributed by atoms with Gasteiger partial charge in [-0.15, -0.1) is 0 Å². The predicted molar refractivity (Wildman–Crippen MR) is 82.4 cm³/mol. The Morgan fingerprint density at radius 3 is 3.05 bits per heavy atom. The lowest BCUT2D eigenvalue weighted by atomic mass is 10.3. The van der Waals surface area contributed by atoms with E-state index in [1.165, 1.54) is 17.7 Å². The summed E-state index contributed by atoms with van der Waals surface area (Å²) in [7, 11) is 0. The van der Waals surface area contributed by atoms with Crippen LogP contribution in [0.25, 0.3) is 11.2 Å². The molecule has 0 aliphatic heterocycles. The van der Waals surface area contributed by atoms with Gasteiger partial charge in [0.25, 0.3) is 0 Å². The minimum atomic E-state index is 0.540. The fourth-order valence-electron chi connectivity index (χ4n) is 2.84. The lowest BCUT2D eigenvalue weighted by molar-refractivity contribution is 0.777. The summed E-state index contributed by atoms with van der Waals surface area (Å²) in [6.45, 7) is 3.44. The lowest BCUT2D eigenvalue weighted by Gasteiger charge is -2.06. The number of nitrogens with zero attached hydrogens (tertiary/aromatic N) is 6. The first-order valence-electron chi connectivity index (χ1n) is 7.58. The molecule has 1 aliphatic carbocycles. The molecular weight excluding hydrogens is 278 g/mol. The molecule has 0 saturated heterocycles. The number of imidazole rings is 1. The van der Waals surface area contributed by atoms with Crippen LogP contribution in [0.3, 0.4) is 0 Å². The molecule has 7 nitrogen and oxygen atoms in total. The molecule has 1 N–H and O–H groups in total. The molecule has 1 aliphatic rings. The number of hydrogen-bond acceptors (Lipinski definition) is 6. The minimum absolute atomic E-state index is 0.540. The Balaban J connectivity index is 1.58. The van der Waals surface area contributed by atoms with Crippen LogP contribution in [0.2, 0.25) is 0 Å². The van der Waals surface area contributed by atoms with Gasteiger partial charge in [-0.05, 0) is 31.7 Å². The highest BCUT2D eigenvalue weighted by Crippen LogP contribution is 2.20. The van der Waals surface area contributed by atoms with Gasteiger partial charge in [0.05, 0.1) is 12.9 Å². The second-order valence-electron chi connectivity index (χ2n) is 5.39. The molecule has 4 rings (SSSR count). The molecule has 3 heterocycles. The van der Waals surface area contributed by atoms with Gasteiger partial charge in [-0.2, -0.15) is 0 Å². The van der Waals surface area contributed by atoms with E-state index in [-0.39, 0.29) is 0 Å². The van der Waals surface area contributed by atoms with Gasteiger partial charge in [0.1, 0.15) is 17.7 Å². The van der Waals surface area contributed by atoms with Crippen molar-refractivity contribution < 1.29 is 0 Å². The Hall–Kier alpha value is -2.57. The van der Waals surface area contributed by atoms with Gasteiger partial charge in [-0.1, -0.05) is 0 Å². The number of aryl methyl sites for hydroxylation is 3. The second kappa shape index (κ2) is 5.32. The molecule has 0 unspecified atom stereocenters. The molecule has 3 aromatic heterocycles. The van der Waals surface area contributed by atoms with E-state index in [1.54, 1.807) is 12.7 Å². The highest BCUT2D eigenvalue weighted by molar-refractivity contribution is 5.82. The monoisotopic (exact) mass is 295 g/mol. The molecule has 0 radical (unpaired) electrons. The van der Waals surface area contributed by atoms with Gasteiger partial charge in [-0.3, -0.25) is 0 Å². The van der Waals surface area contributed by atoms with Crippen LogP contribution in [-0.4, -0.2) is 29.5 Å². The van der Waals surface area contributed by atoms with Crippen LogP contribution in [0, 0.1) is 0 Å². The highest BCUT2D eigenvalue weighted by atomic mass is 15.1. The van der Waals surface area contributed by atoms with Crippen molar-refractivity contribution in [1.29, 1.82) is 0 Å². The third kappa shape index (κ3) is 2.18. The molecule has 3 aromatic rings. The van der Waals surface area contributed by atoms with Gasteiger partial charge in [0, 0.05) is 18.4 Å². The third-order valence-corrected chi connectivity index (χ3v) is 4.02. The average molecular weight is 295 g/mol. The van der Waals surface area contributed by atoms with E-state index in [1.807, 2.05) is 10.8 Å². The molecule has 7 heteroatoms. The van der Waals surface area contributed by atoms with E-state index in [0.717, 1.165) is 42.2 Å². The van der Waals surface area contributed by atoms with E-state index >= 15 is 0 Å². The average Bonchev–Trinajstić information content (AvgIpc) is 3.18. The summed E-state index contributed by atoms with van der Waals surface area (Å²) in [5.41, 5.74) is 4.10. The Kier molecular flexibility index (Phi) is 3.17. The van der Waals surface area contributed by atoms with Crippen molar-refractivity contribution in [1.82, 2.24) is 29.5 Å². The Morgan fingerprint density at radius 2 is 2.14 bits per heavy atom. The summed E-state index contributed by atoms with van der Waals surface area (Å²) in [6, 6.07) is 0. The van der Waals surface area contributed by atoms with E-state index in [9.17, 15) is 0 Å². The van der Waals surface area contributed by atoms with Crippen molar-refractivity contribution >= 4 is 17.0 Å². The maximum atomic E-state index is 4.63. The van der Waals surface area contributed by atoms with Gasteiger partial charge < -0.3 is 9.88 Å². The molecule has 0 atom stereocenters. The van der Waals surface area contributed by atoms with Crippen LogP contribution in [0.1, 0.15) is 30.4 Å². The number of fused-ring (bicyclic) bond motifs is 2. The third-order valence-electron chi connectivity index (χ3n) is 4.02. The number of nitrogens with one attached hydrogen (secondary N) is 1. The van der Waals surface area contributed by atoms with E-state index in [0.29, 0.717) is 6.54 Å². The minimum Gasteiger partial charge on any atom is -0.361 e. The maximum Gasteiger partial charge on any atom is 0.165 e. The SMILES string of the molecule is CCn1cnc2c(NCc3ncc4c(n3)CCC4)ncnc21. The summed E-state index contributed by atoms with van der Waals surface area (Å²) in [5.74, 6) is 1.52. The molecule has 0 saturated carbocycles. The highest BCUT2D eigenvalue weighted by Gasteiger charge is 2.14. The zero-order chi connectivity index (χ0) is 14.9. The van der Waals surface area contributed by atoms with Crippen LogP contribution in [0.15, 0.2) is 18.9 Å². The number of anilines is 1. The van der Waals surface area contributed by atoms with E-state index in [2.05, 4.69) is 37.2 Å². The largest absolute Gasteiger partial charge is 0.361 e. The fourth-order valence-corrected chi connectivity index (χ4v) is 2.84. The van der Waals surface area contributed by atoms with Crippen molar-refractivity contribution in [2.24, 2.45) is 0 Å². The summed E-state index contributed by atoms with van der Waals surface area (Å²) in [4.78, 5) is 22.0. The van der Waals surface area contributed by atoms with Crippen molar-refractivity contribution in [3.8, 4) is 0 Å². The standard InChI is InChI=1S/C15H17N7/c1-2-22-9-20-13-14(18-8-19-15(13)22)17-7-12-16-6-10-4-3-5-11(10)21-12/h6,8-9H,2-5,7H2,1H3,(H,17,18,19). The van der Waals surface area contributed by atoms with Gasteiger partial charge in [0.15, 0.2) is 11.5 Å². The van der Waals surface area contributed by atoms with Crippen molar-refractivity contribution in [2.75, 3.05) is 5.32 Å². The van der Waals surface area contributed by atoms with E-state index < -0.39 is 0 Å². The van der Waals surface area contributed by atoms with Crippen LogP contribution < -0.4 is 5.32 Å². The molecule has 0 bridgehead atoms. The Bertz CT molecular complexity index is 824. The molecule has 0 aromatic carbocycles. The smallest absolute Gasteiger partial charge is 0.165 e. The fraction of sp³-hybridized carbons (Fsp3) is 0.400. The van der Waals surface area contributed by atoms with Gasteiger partial charge >= 0.3 is 0 Å². The van der Waals surface area contributed by atoms with Gasteiger partial charge in [-0.25, -0.2) is 24.9 Å². The summed E-state index contributed by atoms with van der Waals surface area (Å²) >= 11 is 0. The number of rotatable bonds is 4. The first-order valence-corrected chi connectivity index (χ1v) is 7.58. The summed E-state index contributed by atoms with van der Waals surface area (Å²) < 4.78 is 1.99. The summed E-state index contributed by atoms with van der Waals surface area (Å²) in [6.07, 6.45) is 8.64. The molecule has 22 heavy (non-hydrogen) atoms. The first kappa shape index (κ1) is 13.1. The van der Waals surface area contributed by atoms with Crippen LogP contribution in [0.4, 0.5) is 5.82 Å². The van der Waals surface area contributed by atoms with Crippen molar-refractivity contribution in [3.05, 3.63) is 35.9 Å². The van der Waals surface area contributed by atoms with Gasteiger partial charge in [0.2, 0.25) is 0 Å². The zero-order valence-corrected chi connectivity index (χ0v) is 12.5. The lowest BCUT2D eigenvalue weighted by Crippen LogP contribution is -2.08. The van der Waals surface area contributed by atoms with Crippen LogP contribution >= 0.6 is 0 Å². The summed E-state index contributed by atoms with van der Waals surface area (Å²) in [5, 5.41) is 3.28. The van der Waals surface area contributed by atoms with Crippen LogP contribution in [0.5, 0.6) is 0 Å². The maximum absolute atomic E-state index is 4.63. The number of hydrogen-bond donors (Lipinski definition) is 1. The topological polar surface area (TPSA) is 81.4 Å². The normalized spacial score (nSPS) is 13.5. The quantitative estimate of drug-likeness (QED) is 0.789. The zero-order valence-electron chi connectivity index (χ0n) is 12.5. The van der Waals surface area contributed by atoms with Crippen molar-refractivity contribution in [3.63, 3.8) is 0 Å². The molecular formula is C15H17N7. The molecule has 0 amide bonds. The number of aromatic nitrogens is 6. The van der Waals surface area contributed by atoms with Crippen LogP contribution in [-0.2, 0) is 25.9 Å². The molecule has 0 fully saturated rings. The van der Waals surface area contributed by atoms with E-state index in [4.69, 9.17) is 0 Å². The Labute approximate surface area is 127 Å². The molecule has 0 spiro atoms. The first-order chi connectivity index (χ1) is 10.8. The van der Waals surface area contributed by atoms with Crippen molar-refractivity contribution in [2.45, 2.75) is 39.3 Å². The Morgan fingerprint density at radius 1 is 1.18 bits per heavy atom.